The molecule has 45 heavy (non-hydrogen) atoms. The predicted molar refractivity (Wildman–Crippen MR) is 160 cm³/mol. The summed E-state index contributed by atoms with van der Waals surface area (Å²) in [5.41, 5.74) is 1.72. The van der Waals surface area contributed by atoms with Crippen LogP contribution in [0.3, 0.4) is 0 Å². The van der Waals surface area contributed by atoms with E-state index in [1.165, 1.54) is 24.3 Å². The maximum absolute atomic E-state index is 14.4. The number of hydrogen-bond donors (Lipinski definition) is 0. The Kier molecular flexibility index (Phi) is 8.56. The van der Waals surface area contributed by atoms with E-state index < -0.39 is 35.2 Å². The maximum Gasteiger partial charge on any atom is 0.416 e. The van der Waals surface area contributed by atoms with Crippen LogP contribution in [0, 0.1) is 11.7 Å². The molecule has 1 amide bonds. The van der Waals surface area contributed by atoms with Crippen LogP contribution < -0.4 is 4.90 Å². The van der Waals surface area contributed by atoms with Crippen molar-refractivity contribution in [2.45, 2.75) is 32.0 Å². The van der Waals surface area contributed by atoms with E-state index in [0.717, 1.165) is 23.4 Å². The number of fused-ring (bicyclic) bond motifs is 1. The van der Waals surface area contributed by atoms with Crippen LogP contribution in [-0.2, 0) is 22.3 Å². The van der Waals surface area contributed by atoms with Gasteiger partial charge in [0.1, 0.15) is 11.6 Å². The van der Waals surface area contributed by atoms with Crippen molar-refractivity contribution in [2.75, 3.05) is 37.7 Å². The number of nitrogens with zero attached hydrogens (tertiary/aromatic N) is 4. The van der Waals surface area contributed by atoms with Crippen LogP contribution in [0.1, 0.15) is 52.0 Å². The minimum Gasteiger partial charge on any atom is -0.379 e. The third kappa shape index (κ3) is 6.14. The van der Waals surface area contributed by atoms with Crippen LogP contribution in [0.5, 0.6) is 0 Å². The fraction of sp³-hybridized carbons (Fsp3) is 0.324. The number of ketones is 1. The summed E-state index contributed by atoms with van der Waals surface area (Å²) in [5.74, 6) is -2.51. The van der Waals surface area contributed by atoms with E-state index in [4.69, 9.17) is 9.84 Å². The molecule has 11 heteroatoms. The summed E-state index contributed by atoms with van der Waals surface area (Å²) in [6, 6.07) is 19.5. The standard InChI is InChI=1S/C34H32F4N4O3/c1-2-41-32-31(28(21-40-15-17-45-18-16-40)39-42(32)26-9-4-3-5-10-26)30(22-11-13-25(35)14-12-22)27(33(41)44)20-29(43)23-7-6-8-24(19-23)34(36,37)38/h3-14,19,27,30H,2,15-18,20-21H2,1H3/t27-,30+/m0/s1. The molecule has 1 fully saturated rings. The van der Waals surface area contributed by atoms with E-state index in [2.05, 4.69) is 4.90 Å². The Bertz CT molecular complexity index is 1680. The molecule has 0 unspecified atom stereocenters. The molecule has 1 saturated heterocycles. The fourth-order valence-corrected chi connectivity index (χ4v) is 6.30. The average Bonchev–Trinajstić information content (AvgIpc) is 3.40. The summed E-state index contributed by atoms with van der Waals surface area (Å²) >= 11 is 0. The monoisotopic (exact) mass is 620 g/mol. The van der Waals surface area contributed by atoms with E-state index in [-0.39, 0.29) is 24.4 Å². The third-order valence-corrected chi connectivity index (χ3v) is 8.47. The van der Waals surface area contributed by atoms with Gasteiger partial charge in [0.2, 0.25) is 5.91 Å². The van der Waals surface area contributed by atoms with Crippen LogP contribution in [0.4, 0.5) is 23.4 Å². The molecule has 7 nitrogen and oxygen atoms in total. The second-order valence-corrected chi connectivity index (χ2v) is 11.2. The molecule has 1 aromatic heterocycles. The molecule has 6 rings (SSSR count). The number of benzene rings is 3. The van der Waals surface area contributed by atoms with Crippen LogP contribution in [0.2, 0.25) is 0 Å². The van der Waals surface area contributed by atoms with Gasteiger partial charge >= 0.3 is 6.18 Å². The number of halogens is 4. The first-order chi connectivity index (χ1) is 21.7. The van der Waals surface area contributed by atoms with E-state index in [9.17, 15) is 27.2 Å². The van der Waals surface area contributed by atoms with Gasteiger partial charge in [-0.25, -0.2) is 9.07 Å². The van der Waals surface area contributed by atoms with Crippen molar-refractivity contribution in [3.8, 4) is 5.69 Å². The van der Waals surface area contributed by atoms with Crippen LogP contribution in [0.25, 0.3) is 5.69 Å². The van der Waals surface area contributed by atoms with E-state index >= 15 is 0 Å². The van der Waals surface area contributed by atoms with Gasteiger partial charge in [-0.15, -0.1) is 0 Å². The van der Waals surface area contributed by atoms with Gasteiger partial charge in [0.25, 0.3) is 0 Å². The SMILES string of the molecule is CCN1C(=O)[C@@H](CC(=O)c2cccc(C(F)(F)F)c2)[C@@H](c2ccc(F)cc2)c2c(CN3CCOCC3)nn(-c3ccccc3)c21. The Hall–Kier alpha value is -4.35. The van der Waals surface area contributed by atoms with Crippen molar-refractivity contribution < 1.29 is 31.9 Å². The molecule has 3 heterocycles. The van der Waals surface area contributed by atoms with Crippen LogP contribution in [0.15, 0.2) is 78.9 Å². The summed E-state index contributed by atoms with van der Waals surface area (Å²) in [7, 11) is 0. The zero-order valence-electron chi connectivity index (χ0n) is 24.6. The zero-order chi connectivity index (χ0) is 31.7. The Labute approximate surface area is 258 Å². The fourth-order valence-electron chi connectivity index (χ4n) is 6.30. The first-order valence-corrected chi connectivity index (χ1v) is 14.9. The van der Waals surface area contributed by atoms with Gasteiger partial charge in [0.05, 0.1) is 36.1 Å². The summed E-state index contributed by atoms with van der Waals surface area (Å²) in [6.45, 7) is 5.04. The molecular weight excluding hydrogens is 588 g/mol. The van der Waals surface area contributed by atoms with Gasteiger partial charge in [-0.3, -0.25) is 19.4 Å². The number of hydrogen-bond acceptors (Lipinski definition) is 5. The number of rotatable bonds is 8. The molecule has 4 aromatic rings. The lowest BCUT2D eigenvalue weighted by Gasteiger charge is -2.38. The first kappa shape index (κ1) is 30.7. The van der Waals surface area contributed by atoms with Gasteiger partial charge in [0.15, 0.2) is 5.78 Å². The van der Waals surface area contributed by atoms with Gasteiger partial charge in [0, 0.05) is 49.6 Å². The van der Waals surface area contributed by atoms with Gasteiger partial charge in [-0.2, -0.15) is 18.3 Å². The average molecular weight is 621 g/mol. The van der Waals surface area contributed by atoms with Crippen molar-refractivity contribution >= 4 is 17.5 Å². The van der Waals surface area contributed by atoms with Gasteiger partial charge in [-0.1, -0.05) is 42.5 Å². The smallest absolute Gasteiger partial charge is 0.379 e. The number of carbonyl (C=O) groups is 2. The number of carbonyl (C=O) groups excluding carboxylic acids is 2. The topological polar surface area (TPSA) is 67.7 Å². The second-order valence-electron chi connectivity index (χ2n) is 11.2. The summed E-state index contributed by atoms with van der Waals surface area (Å²) < 4.78 is 61.9. The molecule has 2 atom stereocenters. The quantitative estimate of drug-likeness (QED) is 0.172. The summed E-state index contributed by atoms with van der Waals surface area (Å²) in [4.78, 5) is 31.9. The van der Waals surface area contributed by atoms with Crippen molar-refractivity contribution in [3.05, 3.63) is 113 Å². The number of ether oxygens (including phenoxy) is 1. The number of anilines is 1. The highest BCUT2D eigenvalue weighted by atomic mass is 19.4. The highest BCUT2D eigenvalue weighted by molar-refractivity contribution is 6.04. The number of morpholine rings is 1. The largest absolute Gasteiger partial charge is 0.416 e. The molecular formula is C34H32F4N4O3. The molecule has 0 radical (unpaired) electrons. The van der Waals surface area contributed by atoms with Crippen molar-refractivity contribution in [1.29, 1.82) is 0 Å². The lowest BCUT2D eigenvalue weighted by atomic mass is 9.74. The summed E-state index contributed by atoms with van der Waals surface area (Å²) in [6.07, 6.45) is -4.96. The summed E-state index contributed by atoms with van der Waals surface area (Å²) in [5, 5.41) is 5.05. The van der Waals surface area contributed by atoms with Crippen molar-refractivity contribution in [3.63, 3.8) is 0 Å². The zero-order valence-corrected chi connectivity index (χ0v) is 24.6. The molecule has 0 spiro atoms. The molecule has 0 N–H and O–H groups in total. The molecule has 2 aliphatic heterocycles. The number of aromatic nitrogens is 2. The number of Topliss-reactive ketones (excluding diaryl/α,β-unsaturated/α-hetero) is 1. The molecule has 2 aliphatic rings. The Morgan fingerprint density at radius 1 is 0.978 bits per heavy atom. The van der Waals surface area contributed by atoms with Gasteiger partial charge < -0.3 is 4.74 Å². The molecule has 3 aromatic carbocycles. The van der Waals surface area contributed by atoms with Crippen LogP contribution in [-0.4, -0.2) is 59.2 Å². The van der Waals surface area contributed by atoms with E-state index in [0.29, 0.717) is 49.9 Å². The molecule has 0 saturated carbocycles. The predicted octanol–water partition coefficient (Wildman–Crippen LogP) is 6.25. The Morgan fingerprint density at radius 2 is 1.69 bits per heavy atom. The van der Waals surface area contributed by atoms with E-state index in [1.54, 1.807) is 21.7 Å². The number of para-hydroxylation sites is 1. The third-order valence-electron chi connectivity index (χ3n) is 8.47. The number of alkyl halides is 3. The highest BCUT2D eigenvalue weighted by Crippen LogP contribution is 2.48. The maximum atomic E-state index is 14.4. The molecule has 0 aliphatic carbocycles. The molecule has 234 valence electrons. The van der Waals surface area contributed by atoms with Crippen LogP contribution >= 0.6 is 0 Å². The lowest BCUT2D eigenvalue weighted by molar-refractivity contribution is -0.137. The Balaban J connectivity index is 1.52. The normalized spacial score (nSPS) is 19.0. The Morgan fingerprint density at radius 3 is 2.36 bits per heavy atom. The van der Waals surface area contributed by atoms with Crippen molar-refractivity contribution in [1.82, 2.24) is 14.7 Å². The highest BCUT2D eigenvalue weighted by Gasteiger charge is 2.46. The van der Waals surface area contributed by atoms with Gasteiger partial charge in [-0.05, 0) is 48.9 Å². The second kappa shape index (κ2) is 12.6. The molecule has 0 bridgehead atoms. The number of amides is 1. The first-order valence-electron chi connectivity index (χ1n) is 14.9. The minimum atomic E-state index is -4.62. The lowest BCUT2D eigenvalue weighted by Crippen LogP contribution is -2.45. The van der Waals surface area contributed by atoms with E-state index in [1.807, 2.05) is 37.3 Å². The minimum absolute atomic E-state index is 0.127. The van der Waals surface area contributed by atoms with Crippen molar-refractivity contribution in [2.24, 2.45) is 5.92 Å².